The van der Waals surface area contributed by atoms with Crippen LogP contribution in [-0.2, 0) is 4.79 Å². The number of ether oxygens (including phenoxy) is 2. The minimum atomic E-state index is -0.0204. The van der Waals surface area contributed by atoms with E-state index < -0.39 is 0 Å². The maximum atomic E-state index is 10.9. The van der Waals surface area contributed by atoms with E-state index in [4.69, 9.17) is 9.47 Å². The smallest absolute Gasteiger partial charge is 0.229 e. The number of amides is 1. The van der Waals surface area contributed by atoms with Crippen LogP contribution in [-0.4, -0.2) is 67.2 Å². The zero-order chi connectivity index (χ0) is 22.6. The summed E-state index contributed by atoms with van der Waals surface area (Å²) >= 11 is 0. The fraction of sp³-hybridized carbons (Fsp3) is 0.522. The Hall–Kier alpha value is -3.07. The second-order valence-corrected chi connectivity index (χ2v) is 7.77. The molecule has 0 aliphatic carbocycles. The van der Waals surface area contributed by atoms with Gasteiger partial charge in [0.15, 0.2) is 11.5 Å². The third kappa shape index (κ3) is 7.88. The van der Waals surface area contributed by atoms with Gasteiger partial charge >= 0.3 is 0 Å². The largest absolute Gasteiger partial charge is 0.493 e. The van der Waals surface area contributed by atoms with Crippen molar-refractivity contribution in [1.29, 1.82) is 0 Å². The molecule has 174 valence electrons. The van der Waals surface area contributed by atoms with Gasteiger partial charge in [0, 0.05) is 44.5 Å². The number of aromatic nitrogens is 2. The minimum Gasteiger partial charge on any atom is -0.493 e. The Bertz CT molecular complexity index is 857. The van der Waals surface area contributed by atoms with Crippen LogP contribution in [0.15, 0.2) is 30.5 Å². The predicted molar refractivity (Wildman–Crippen MR) is 126 cm³/mol. The van der Waals surface area contributed by atoms with Crippen molar-refractivity contribution in [3.63, 3.8) is 0 Å². The molecule has 3 N–H and O–H groups in total. The van der Waals surface area contributed by atoms with E-state index in [1.54, 1.807) is 13.3 Å². The molecule has 3 rings (SSSR count). The molecule has 0 unspecified atom stereocenters. The summed E-state index contributed by atoms with van der Waals surface area (Å²) in [5, 5.41) is 9.24. The molecule has 0 spiro atoms. The summed E-state index contributed by atoms with van der Waals surface area (Å²) in [7, 11) is 1.64. The first-order valence-electron chi connectivity index (χ1n) is 11.3. The van der Waals surface area contributed by atoms with Crippen molar-refractivity contribution in [3.8, 4) is 11.5 Å². The lowest BCUT2D eigenvalue weighted by atomic mass is 10.2. The summed E-state index contributed by atoms with van der Waals surface area (Å²) in [6, 6.07) is 7.51. The number of carbonyl (C=O) groups is 1. The van der Waals surface area contributed by atoms with Crippen LogP contribution >= 0.6 is 0 Å². The van der Waals surface area contributed by atoms with E-state index in [9.17, 15) is 4.79 Å². The summed E-state index contributed by atoms with van der Waals surface area (Å²) in [5.74, 6) is 2.59. The number of carbonyl (C=O) groups excluding carboxylic acids is 1. The van der Waals surface area contributed by atoms with Gasteiger partial charge in [-0.25, -0.2) is 4.98 Å². The Labute approximate surface area is 189 Å². The minimum absolute atomic E-state index is 0.0204. The first kappa shape index (κ1) is 23.6. The molecule has 9 heteroatoms. The molecular weight excluding hydrogens is 408 g/mol. The quantitative estimate of drug-likeness (QED) is 0.407. The molecule has 0 atom stereocenters. The first-order chi connectivity index (χ1) is 15.6. The monoisotopic (exact) mass is 442 g/mol. The number of benzene rings is 1. The third-order valence-corrected chi connectivity index (χ3v) is 5.18. The number of nitrogens with zero attached hydrogens (tertiary/aromatic N) is 3. The summed E-state index contributed by atoms with van der Waals surface area (Å²) in [4.78, 5) is 22.2. The maximum absolute atomic E-state index is 10.9. The molecule has 2 heterocycles. The predicted octanol–water partition coefficient (Wildman–Crippen LogP) is 3.03. The van der Waals surface area contributed by atoms with Gasteiger partial charge in [0.1, 0.15) is 5.82 Å². The fourth-order valence-electron chi connectivity index (χ4n) is 3.56. The van der Waals surface area contributed by atoms with E-state index in [2.05, 4.69) is 30.8 Å². The van der Waals surface area contributed by atoms with Gasteiger partial charge in [-0.2, -0.15) is 4.98 Å². The molecule has 1 saturated heterocycles. The highest BCUT2D eigenvalue weighted by Crippen LogP contribution is 2.31. The lowest BCUT2D eigenvalue weighted by Gasteiger charge is -2.16. The molecule has 0 bridgehead atoms. The van der Waals surface area contributed by atoms with Gasteiger partial charge in [0.2, 0.25) is 11.9 Å². The van der Waals surface area contributed by atoms with Crippen LogP contribution in [0.3, 0.4) is 0 Å². The van der Waals surface area contributed by atoms with E-state index >= 15 is 0 Å². The fourth-order valence-corrected chi connectivity index (χ4v) is 3.56. The molecule has 1 fully saturated rings. The molecule has 1 aromatic carbocycles. The number of rotatable bonds is 13. The van der Waals surface area contributed by atoms with Crippen molar-refractivity contribution in [2.75, 3.05) is 57.1 Å². The molecule has 1 amide bonds. The Kier molecular flexibility index (Phi) is 9.37. The number of likely N-dealkylation sites (tertiary alicyclic amines) is 1. The highest BCUT2D eigenvalue weighted by atomic mass is 16.5. The van der Waals surface area contributed by atoms with E-state index in [-0.39, 0.29) is 5.91 Å². The van der Waals surface area contributed by atoms with Gasteiger partial charge < -0.3 is 30.3 Å². The summed E-state index contributed by atoms with van der Waals surface area (Å²) in [6.45, 7) is 6.96. The molecular formula is C23H34N6O3. The first-order valence-corrected chi connectivity index (χ1v) is 11.3. The Morgan fingerprint density at radius 3 is 2.75 bits per heavy atom. The molecule has 32 heavy (non-hydrogen) atoms. The Morgan fingerprint density at radius 1 is 1.12 bits per heavy atom. The zero-order valence-corrected chi connectivity index (χ0v) is 19.0. The Balaban J connectivity index is 1.51. The normalized spacial score (nSPS) is 13.6. The number of hydrogen-bond acceptors (Lipinski definition) is 8. The molecule has 0 radical (unpaired) electrons. The van der Waals surface area contributed by atoms with Gasteiger partial charge in [-0.15, -0.1) is 0 Å². The zero-order valence-electron chi connectivity index (χ0n) is 19.0. The van der Waals surface area contributed by atoms with Gasteiger partial charge in [0.05, 0.1) is 13.7 Å². The molecule has 2 aromatic rings. The maximum Gasteiger partial charge on any atom is 0.229 e. The summed E-state index contributed by atoms with van der Waals surface area (Å²) in [5.41, 5.74) is 0.822. The van der Waals surface area contributed by atoms with Crippen molar-refractivity contribution in [2.24, 2.45) is 0 Å². The van der Waals surface area contributed by atoms with Crippen molar-refractivity contribution in [3.05, 3.63) is 30.5 Å². The summed E-state index contributed by atoms with van der Waals surface area (Å²) in [6.07, 6.45) is 6.10. The van der Waals surface area contributed by atoms with Crippen LogP contribution in [0.2, 0.25) is 0 Å². The van der Waals surface area contributed by atoms with Crippen LogP contribution < -0.4 is 25.4 Å². The van der Waals surface area contributed by atoms with Gasteiger partial charge in [-0.1, -0.05) is 0 Å². The van der Waals surface area contributed by atoms with E-state index in [1.165, 1.54) is 32.9 Å². The van der Waals surface area contributed by atoms with Gasteiger partial charge in [-0.3, -0.25) is 4.79 Å². The van der Waals surface area contributed by atoms with Gasteiger partial charge in [-0.05, 0) is 57.0 Å². The van der Waals surface area contributed by atoms with Gasteiger partial charge in [0.25, 0.3) is 0 Å². The van der Waals surface area contributed by atoms with Crippen molar-refractivity contribution in [2.45, 2.75) is 32.6 Å². The second-order valence-electron chi connectivity index (χ2n) is 7.77. The SMILES string of the molecule is COc1ccc(Nc2nccc(NCCCNC(C)=O)n2)cc1OCCCN1CCCC1. The van der Waals surface area contributed by atoms with Crippen LogP contribution in [0.4, 0.5) is 17.5 Å². The standard InChI is InChI=1S/C23H34N6O3/c1-18(30)24-10-5-11-25-22-9-12-26-23(28-22)27-19-7-8-20(31-2)21(17-19)32-16-6-15-29-13-3-4-14-29/h7-9,12,17H,3-6,10-11,13-16H2,1-2H3,(H,24,30)(H2,25,26,27,28). The second kappa shape index (κ2) is 12.7. The van der Waals surface area contributed by atoms with Crippen LogP contribution in [0.5, 0.6) is 11.5 Å². The van der Waals surface area contributed by atoms with E-state index in [0.29, 0.717) is 37.1 Å². The van der Waals surface area contributed by atoms with E-state index in [1.807, 2.05) is 24.3 Å². The Morgan fingerprint density at radius 2 is 1.97 bits per heavy atom. The lowest BCUT2D eigenvalue weighted by Crippen LogP contribution is -2.22. The van der Waals surface area contributed by atoms with Crippen molar-refractivity contribution in [1.82, 2.24) is 20.2 Å². The third-order valence-electron chi connectivity index (χ3n) is 5.18. The number of methoxy groups -OCH3 is 1. The van der Waals surface area contributed by atoms with E-state index in [0.717, 1.165) is 30.9 Å². The highest BCUT2D eigenvalue weighted by molar-refractivity contribution is 5.72. The van der Waals surface area contributed by atoms with Crippen LogP contribution in [0, 0.1) is 0 Å². The molecule has 9 nitrogen and oxygen atoms in total. The average Bonchev–Trinajstić information content (AvgIpc) is 3.30. The molecule has 1 aliphatic rings. The van der Waals surface area contributed by atoms with Crippen LogP contribution in [0.1, 0.15) is 32.6 Å². The molecule has 0 saturated carbocycles. The lowest BCUT2D eigenvalue weighted by molar-refractivity contribution is -0.118. The number of anilines is 3. The molecule has 1 aromatic heterocycles. The van der Waals surface area contributed by atoms with Crippen LogP contribution in [0.25, 0.3) is 0 Å². The number of hydrogen-bond donors (Lipinski definition) is 3. The molecule has 1 aliphatic heterocycles. The summed E-state index contributed by atoms with van der Waals surface area (Å²) < 4.78 is 11.5. The van der Waals surface area contributed by atoms with Crippen molar-refractivity contribution < 1.29 is 14.3 Å². The topological polar surface area (TPSA) is 101 Å². The van der Waals surface area contributed by atoms with Crippen molar-refractivity contribution >= 4 is 23.4 Å². The average molecular weight is 443 g/mol. The number of nitrogens with one attached hydrogen (secondary N) is 3. The highest BCUT2D eigenvalue weighted by Gasteiger charge is 2.11.